The molecule has 1 nitrogen and oxygen atoms in total. The van der Waals surface area contributed by atoms with Crippen LogP contribution in [0.1, 0.15) is 92.4 Å². The molecule has 0 atom stereocenters. The van der Waals surface area contributed by atoms with Gasteiger partial charge < -0.3 is 4.74 Å². The Morgan fingerprint density at radius 1 is 0.771 bits per heavy atom. The van der Waals surface area contributed by atoms with Gasteiger partial charge in [0.2, 0.25) is 0 Å². The van der Waals surface area contributed by atoms with Gasteiger partial charge >= 0.3 is 6.11 Å². The molecule has 3 heteroatoms. The molecular formula is C32H40F2O. The quantitative estimate of drug-likeness (QED) is 0.326. The summed E-state index contributed by atoms with van der Waals surface area (Å²) in [5.74, 6) is 2.44. The van der Waals surface area contributed by atoms with E-state index in [0.717, 1.165) is 18.4 Å². The molecule has 0 N–H and O–H groups in total. The van der Waals surface area contributed by atoms with Crippen LogP contribution >= 0.6 is 0 Å². The Morgan fingerprint density at radius 3 is 1.74 bits per heavy atom. The lowest BCUT2D eigenvalue weighted by Gasteiger charge is -2.27. The molecule has 0 spiro atoms. The lowest BCUT2D eigenvalue weighted by atomic mass is 9.78. The molecule has 2 saturated carbocycles. The van der Waals surface area contributed by atoms with E-state index in [0.29, 0.717) is 29.2 Å². The van der Waals surface area contributed by atoms with E-state index in [-0.39, 0.29) is 6.61 Å². The third-order valence-electron chi connectivity index (χ3n) is 8.10. The van der Waals surface area contributed by atoms with Crippen LogP contribution in [0.25, 0.3) is 0 Å². The summed E-state index contributed by atoms with van der Waals surface area (Å²) < 4.78 is 34.2. The molecule has 0 saturated heterocycles. The van der Waals surface area contributed by atoms with Gasteiger partial charge in [-0.15, -0.1) is 6.58 Å². The molecule has 0 amide bonds. The SMILES string of the molecule is C=CC1CCC(c2ccc(CC(F)(F)OCc3ccc(C4CCC(C=CC)CC4)cc3)cc2)CC1. The van der Waals surface area contributed by atoms with Crippen molar-refractivity contribution in [1.29, 1.82) is 0 Å². The van der Waals surface area contributed by atoms with Crippen LogP contribution in [-0.2, 0) is 17.8 Å². The average Bonchev–Trinajstić information content (AvgIpc) is 2.89. The van der Waals surface area contributed by atoms with E-state index in [2.05, 4.69) is 43.9 Å². The summed E-state index contributed by atoms with van der Waals surface area (Å²) in [6, 6.07) is 15.8. The second-order valence-electron chi connectivity index (χ2n) is 10.6. The predicted molar refractivity (Wildman–Crippen MR) is 141 cm³/mol. The van der Waals surface area contributed by atoms with Crippen molar-refractivity contribution >= 4 is 0 Å². The third-order valence-corrected chi connectivity index (χ3v) is 8.10. The van der Waals surface area contributed by atoms with E-state index >= 15 is 0 Å². The van der Waals surface area contributed by atoms with E-state index in [1.54, 1.807) is 0 Å². The summed E-state index contributed by atoms with van der Waals surface area (Å²) in [5, 5.41) is 0. The molecule has 2 aliphatic rings. The fourth-order valence-corrected chi connectivity index (χ4v) is 5.88. The fraction of sp³-hybridized carbons (Fsp3) is 0.500. The maximum atomic E-state index is 14.6. The second-order valence-corrected chi connectivity index (χ2v) is 10.6. The highest BCUT2D eigenvalue weighted by atomic mass is 19.3. The Labute approximate surface area is 210 Å². The molecule has 4 rings (SSSR count). The molecule has 2 aromatic carbocycles. The van der Waals surface area contributed by atoms with Crippen molar-refractivity contribution < 1.29 is 13.5 Å². The van der Waals surface area contributed by atoms with E-state index in [9.17, 15) is 8.78 Å². The largest absolute Gasteiger partial charge is 0.360 e. The minimum Gasteiger partial charge on any atom is -0.315 e. The van der Waals surface area contributed by atoms with Crippen LogP contribution in [0, 0.1) is 11.8 Å². The molecule has 35 heavy (non-hydrogen) atoms. The van der Waals surface area contributed by atoms with Gasteiger partial charge in [-0.05, 0) is 104 Å². The Bertz CT molecular complexity index is 944. The zero-order chi connectivity index (χ0) is 24.7. The van der Waals surface area contributed by atoms with Crippen molar-refractivity contribution in [1.82, 2.24) is 0 Å². The van der Waals surface area contributed by atoms with E-state index in [1.807, 2.05) is 36.4 Å². The van der Waals surface area contributed by atoms with Gasteiger partial charge in [-0.1, -0.05) is 66.8 Å². The number of rotatable bonds is 9. The van der Waals surface area contributed by atoms with Crippen LogP contribution in [0.4, 0.5) is 8.78 Å². The molecular weight excluding hydrogens is 438 g/mol. The molecule has 2 aromatic rings. The highest BCUT2D eigenvalue weighted by Gasteiger charge is 2.31. The molecule has 0 aliphatic heterocycles. The molecule has 0 aromatic heterocycles. The van der Waals surface area contributed by atoms with Crippen LogP contribution in [0.15, 0.2) is 73.3 Å². The standard InChI is InChI=1S/C32H40F2O/c1-3-5-25-8-16-29(17-9-25)31-20-12-27(13-21-31)23-35-32(33,34)22-26-10-18-30(19-11-26)28-14-6-24(4-2)7-15-28/h3-5,10-13,18-21,24-25,28-29H,2,6-9,14-17,22-23H2,1H3. The van der Waals surface area contributed by atoms with Crippen molar-refractivity contribution in [2.45, 2.75) is 89.3 Å². The normalized spacial score (nSPS) is 25.6. The van der Waals surface area contributed by atoms with E-state index in [1.165, 1.54) is 49.7 Å². The van der Waals surface area contributed by atoms with Crippen molar-refractivity contribution in [2.24, 2.45) is 11.8 Å². The number of benzene rings is 2. The van der Waals surface area contributed by atoms with Crippen LogP contribution in [0.3, 0.4) is 0 Å². The van der Waals surface area contributed by atoms with Gasteiger partial charge in [-0.25, -0.2) is 0 Å². The molecule has 0 bridgehead atoms. The van der Waals surface area contributed by atoms with Gasteiger partial charge in [0, 0.05) is 0 Å². The molecule has 2 aliphatic carbocycles. The van der Waals surface area contributed by atoms with Gasteiger partial charge in [-0.3, -0.25) is 0 Å². The number of alkyl halides is 2. The summed E-state index contributed by atoms with van der Waals surface area (Å²) in [6.07, 6.45) is 12.4. The summed E-state index contributed by atoms with van der Waals surface area (Å²) in [7, 11) is 0. The highest BCUT2D eigenvalue weighted by Crippen LogP contribution is 2.37. The Kier molecular flexibility index (Phi) is 8.94. The van der Waals surface area contributed by atoms with E-state index in [4.69, 9.17) is 4.74 Å². The Hall–Kier alpha value is -2.26. The molecule has 0 radical (unpaired) electrons. The number of ether oxygens (including phenoxy) is 1. The molecule has 0 heterocycles. The lowest BCUT2D eigenvalue weighted by Crippen LogP contribution is -2.23. The fourth-order valence-electron chi connectivity index (χ4n) is 5.88. The first-order chi connectivity index (χ1) is 17.0. The van der Waals surface area contributed by atoms with Crippen LogP contribution in [-0.4, -0.2) is 6.11 Å². The van der Waals surface area contributed by atoms with Gasteiger partial charge in [0.05, 0.1) is 13.0 Å². The van der Waals surface area contributed by atoms with Crippen molar-refractivity contribution in [3.8, 4) is 0 Å². The Morgan fingerprint density at radius 2 is 1.26 bits per heavy atom. The first-order valence-electron chi connectivity index (χ1n) is 13.4. The topological polar surface area (TPSA) is 9.23 Å². The zero-order valence-corrected chi connectivity index (χ0v) is 21.1. The van der Waals surface area contributed by atoms with Gasteiger partial charge in [0.15, 0.2) is 0 Å². The van der Waals surface area contributed by atoms with Crippen molar-refractivity contribution in [3.05, 3.63) is 95.6 Å². The van der Waals surface area contributed by atoms with E-state index < -0.39 is 12.5 Å². The zero-order valence-electron chi connectivity index (χ0n) is 21.1. The van der Waals surface area contributed by atoms with Gasteiger partial charge in [0.25, 0.3) is 0 Å². The van der Waals surface area contributed by atoms with Gasteiger partial charge in [-0.2, -0.15) is 8.78 Å². The number of allylic oxidation sites excluding steroid dienone is 3. The minimum atomic E-state index is -3.19. The first-order valence-corrected chi connectivity index (χ1v) is 13.4. The summed E-state index contributed by atoms with van der Waals surface area (Å²) in [5.41, 5.74) is 3.98. The van der Waals surface area contributed by atoms with Crippen LogP contribution in [0.5, 0.6) is 0 Å². The highest BCUT2D eigenvalue weighted by molar-refractivity contribution is 5.27. The number of hydrogen-bond donors (Lipinski definition) is 0. The summed E-state index contributed by atoms with van der Waals surface area (Å²) in [6.45, 7) is 5.92. The van der Waals surface area contributed by atoms with Crippen LogP contribution in [0.2, 0.25) is 0 Å². The summed E-state index contributed by atoms with van der Waals surface area (Å²) >= 11 is 0. The number of halogens is 2. The lowest BCUT2D eigenvalue weighted by molar-refractivity contribution is -0.244. The molecule has 188 valence electrons. The molecule has 2 fully saturated rings. The smallest absolute Gasteiger partial charge is 0.315 e. The Balaban J connectivity index is 1.24. The minimum absolute atomic E-state index is 0.0774. The maximum absolute atomic E-state index is 14.6. The predicted octanol–water partition coefficient (Wildman–Crippen LogP) is 9.35. The second kappa shape index (κ2) is 12.1. The monoisotopic (exact) mass is 478 g/mol. The first kappa shape index (κ1) is 25.8. The average molecular weight is 479 g/mol. The summed E-state index contributed by atoms with van der Waals surface area (Å²) in [4.78, 5) is 0. The van der Waals surface area contributed by atoms with Gasteiger partial charge in [0.1, 0.15) is 0 Å². The van der Waals surface area contributed by atoms with Crippen LogP contribution < -0.4 is 0 Å². The van der Waals surface area contributed by atoms with Crippen molar-refractivity contribution in [2.75, 3.05) is 0 Å². The number of hydrogen-bond acceptors (Lipinski definition) is 1. The molecule has 0 unspecified atom stereocenters. The maximum Gasteiger partial charge on any atom is 0.360 e. The third kappa shape index (κ3) is 7.36. The van der Waals surface area contributed by atoms with Crippen molar-refractivity contribution in [3.63, 3.8) is 0 Å².